The zero-order valence-electron chi connectivity index (χ0n) is 16.8. The van der Waals surface area contributed by atoms with E-state index < -0.39 is 0 Å². The van der Waals surface area contributed by atoms with Crippen molar-refractivity contribution in [2.75, 3.05) is 27.2 Å². The van der Waals surface area contributed by atoms with Gasteiger partial charge in [0, 0.05) is 44.7 Å². The molecule has 1 fully saturated rings. The zero-order valence-corrected chi connectivity index (χ0v) is 16.8. The van der Waals surface area contributed by atoms with Gasteiger partial charge in [-0.05, 0) is 42.0 Å². The summed E-state index contributed by atoms with van der Waals surface area (Å²) in [5.74, 6) is 1.14. The molecule has 8 heteroatoms. The van der Waals surface area contributed by atoms with Crippen LogP contribution < -0.4 is 0 Å². The minimum atomic E-state index is -0.0980. The fourth-order valence-electron chi connectivity index (χ4n) is 4.15. The Morgan fingerprint density at radius 2 is 2.11 bits per heavy atom. The lowest BCUT2D eigenvalue weighted by Gasteiger charge is -2.24. The van der Waals surface area contributed by atoms with Gasteiger partial charge in [-0.25, -0.2) is 9.61 Å². The van der Waals surface area contributed by atoms with Gasteiger partial charge in [-0.2, -0.15) is 0 Å². The highest BCUT2D eigenvalue weighted by Gasteiger charge is 2.40. The van der Waals surface area contributed by atoms with Crippen molar-refractivity contribution >= 4 is 16.9 Å². The van der Waals surface area contributed by atoms with Crippen molar-refractivity contribution in [1.29, 1.82) is 0 Å². The van der Waals surface area contributed by atoms with E-state index >= 15 is 0 Å². The Hall–Kier alpha value is -2.74. The summed E-state index contributed by atoms with van der Waals surface area (Å²) in [5.41, 5.74) is 4.53. The number of aryl methyl sites for hydroxylation is 2. The van der Waals surface area contributed by atoms with Gasteiger partial charge in [0.05, 0.1) is 11.6 Å². The van der Waals surface area contributed by atoms with Crippen LogP contribution in [-0.2, 0) is 17.8 Å². The molecule has 3 aromatic rings. The number of H-pyrrole nitrogens is 1. The quantitative estimate of drug-likeness (QED) is 0.727. The van der Waals surface area contributed by atoms with E-state index in [9.17, 15) is 4.79 Å². The lowest BCUT2D eigenvalue weighted by molar-refractivity contribution is -0.134. The van der Waals surface area contributed by atoms with Crippen molar-refractivity contribution < 1.29 is 9.42 Å². The molecule has 0 bridgehead atoms. The van der Waals surface area contributed by atoms with Gasteiger partial charge in [0.25, 0.3) is 0 Å². The minimum Gasteiger partial charge on any atom is -0.346 e. The molecule has 0 unspecified atom stereocenters. The van der Waals surface area contributed by atoms with Crippen molar-refractivity contribution in [2.45, 2.75) is 32.7 Å². The third-order valence-corrected chi connectivity index (χ3v) is 5.59. The molecule has 1 saturated heterocycles. The number of likely N-dealkylation sites (N-methyl/N-ethyl adjacent to an activating group) is 1. The first kappa shape index (κ1) is 18.6. The number of hydrogen-bond donors (Lipinski definition) is 1. The summed E-state index contributed by atoms with van der Waals surface area (Å²) >= 11 is 0. The Morgan fingerprint density at radius 3 is 2.86 bits per heavy atom. The van der Waals surface area contributed by atoms with Crippen LogP contribution in [0.1, 0.15) is 35.6 Å². The third kappa shape index (κ3) is 3.40. The first-order valence-electron chi connectivity index (χ1n) is 9.66. The number of hydrogen-bond acceptors (Lipinski definition) is 6. The van der Waals surface area contributed by atoms with Crippen LogP contribution >= 0.6 is 0 Å². The number of nitrogens with one attached hydrogen (secondary N) is 1. The Bertz CT molecular complexity index is 994. The third-order valence-electron chi connectivity index (χ3n) is 5.59. The van der Waals surface area contributed by atoms with E-state index in [1.807, 2.05) is 32.2 Å². The van der Waals surface area contributed by atoms with Gasteiger partial charge >= 0.3 is 0 Å². The number of imidazole rings is 1. The average molecular weight is 382 g/mol. The normalized spacial score (nSPS) is 20.1. The van der Waals surface area contributed by atoms with E-state index in [0.29, 0.717) is 12.1 Å². The average Bonchev–Trinajstić information content (AvgIpc) is 3.38. The fourth-order valence-corrected chi connectivity index (χ4v) is 4.15. The van der Waals surface area contributed by atoms with E-state index in [-0.39, 0.29) is 17.7 Å². The van der Waals surface area contributed by atoms with Gasteiger partial charge < -0.3 is 14.8 Å². The molecule has 8 nitrogen and oxygen atoms in total. The summed E-state index contributed by atoms with van der Waals surface area (Å²) in [6.07, 6.45) is 0.862. The van der Waals surface area contributed by atoms with Gasteiger partial charge in [-0.1, -0.05) is 13.0 Å². The van der Waals surface area contributed by atoms with Gasteiger partial charge in [-0.15, -0.1) is 0 Å². The summed E-state index contributed by atoms with van der Waals surface area (Å²) in [7, 11) is 3.92. The van der Waals surface area contributed by atoms with E-state index in [2.05, 4.69) is 34.2 Å². The van der Waals surface area contributed by atoms with Crippen molar-refractivity contribution in [3.63, 3.8) is 0 Å². The molecule has 0 spiro atoms. The molecular formula is C20H26N6O2. The topological polar surface area (TPSA) is 91.2 Å². The van der Waals surface area contributed by atoms with Crippen LogP contribution in [-0.4, -0.2) is 63.2 Å². The Labute approximate surface area is 163 Å². The molecule has 0 saturated carbocycles. The molecule has 2 aromatic heterocycles. The van der Waals surface area contributed by atoms with Crippen LogP contribution in [0.5, 0.6) is 0 Å². The molecule has 2 atom stereocenters. The Morgan fingerprint density at radius 1 is 1.32 bits per heavy atom. The second-order valence-electron chi connectivity index (χ2n) is 7.76. The number of amides is 1. The van der Waals surface area contributed by atoms with Crippen molar-refractivity contribution in [2.24, 2.45) is 5.92 Å². The number of aromatic nitrogens is 4. The number of aromatic amines is 1. The summed E-state index contributed by atoms with van der Waals surface area (Å²) < 4.78 is 4.75. The van der Waals surface area contributed by atoms with Crippen molar-refractivity contribution in [1.82, 2.24) is 30.1 Å². The zero-order chi connectivity index (χ0) is 19.8. The Kier molecular flexibility index (Phi) is 4.89. The highest BCUT2D eigenvalue weighted by atomic mass is 16.6. The molecule has 28 heavy (non-hydrogen) atoms. The maximum atomic E-state index is 13.3. The lowest BCUT2D eigenvalue weighted by Crippen LogP contribution is -2.36. The number of carbonyl (C=O) groups is 1. The molecule has 0 radical (unpaired) electrons. The van der Waals surface area contributed by atoms with Crippen molar-refractivity contribution in [3.05, 3.63) is 41.0 Å². The van der Waals surface area contributed by atoms with Gasteiger partial charge in [0.1, 0.15) is 16.9 Å². The second-order valence-corrected chi connectivity index (χ2v) is 7.76. The molecular weight excluding hydrogens is 356 g/mol. The van der Waals surface area contributed by atoms with E-state index in [1.165, 1.54) is 0 Å². The molecule has 1 aromatic carbocycles. The van der Waals surface area contributed by atoms with Crippen LogP contribution in [0.2, 0.25) is 0 Å². The van der Waals surface area contributed by atoms with Gasteiger partial charge in [-0.3, -0.25) is 4.79 Å². The van der Waals surface area contributed by atoms with Crippen LogP contribution in [0.3, 0.4) is 0 Å². The van der Waals surface area contributed by atoms with Gasteiger partial charge in [0.2, 0.25) is 5.91 Å². The predicted molar refractivity (Wildman–Crippen MR) is 105 cm³/mol. The highest BCUT2D eigenvalue weighted by molar-refractivity contribution is 5.80. The number of carbonyl (C=O) groups excluding carboxylic acids is 1. The first-order chi connectivity index (χ1) is 13.5. The maximum absolute atomic E-state index is 13.3. The van der Waals surface area contributed by atoms with Crippen LogP contribution in [0.15, 0.2) is 22.8 Å². The summed E-state index contributed by atoms with van der Waals surface area (Å²) in [4.78, 5) is 25.4. The summed E-state index contributed by atoms with van der Waals surface area (Å²) in [5, 5.41) is 7.71. The summed E-state index contributed by atoms with van der Waals surface area (Å²) in [6, 6.07) is 5.74. The highest BCUT2D eigenvalue weighted by Crippen LogP contribution is 2.34. The molecule has 1 amide bonds. The number of rotatable bonds is 5. The van der Waals surface area contributed by atoms with Crippen molar-refractivity contribution in [3.8, 4) is 0 Å². The minimum absolute atomic E-state index is 0.0980. The van der Waals surface area contributed by atoms with E-state index in [1.54, 1.807) is 4.90 Å². The maximum Gasteiger partial charge on any atom is 0.227 e. The number of benzene rings is 1. The fraction of sp³-hybridized carbons (Fsp3) is 0.500. The molecule has 4 rings (SSSR count). The van der Waals surface area contributed by atoms with E-state index in [0.717, 1.165) is 47.8 Å². The largest absolute Gasteiger partial charge is 0.346 e. The predicted octanol–water partition coefficient (Wildman–Crippen LogP) is 2.12. The van der Waals surface area contributed by atoms with Crippen LogP contribution in [0, 0.1) is 12.8 Å². The number of nitrogens with zero attached hydrogens (tertiary/aromatic N) is 5. The molecule has 0 aliphatic carbocycles. The molecule has 3 heterocycles. The monoisotopic (exact) mass is 382 g/mol. The first-order valence-corrected chi connectivity index (χ1v) is 9.66. The standard InChI is InChI=1S/C20H26N6O2/c1-5-18-21-12(2)19(22-18)14-10-25(3)11-15(14)20(27)26(4)9-13-6-7-16-17(8-13)24-28-23-16/h6-8,14-15H,5,9-11H2,1-4H3,(H,21,22)/t14-,15-/m1/s1. The van der Waals surface area contributed by atoms with E-state index in [4.69, 9.17) is 9.61 Å². The molecule has 148 valence electrons. The number of fused-ring (bicyclic) bond motifs is 1. The lowest BCUT2D eigenvalue weighted by atomic mass is 9.90. The SMILES string of the molecule is CCc1nc([C@@H]2CN(C)C[C@H]2C(=O)N(C)Cc2ccc3nonc3c2)c(C)[nH]1. The number of likely N-dealkylation sites (tertiary alicyclic amines) is 1. The van der Waals surface area contributed by atoms with Gasteiger partial charge in [0.15, 0.2) is 0 Å². The molecule has 1 aliphatic heterocycles. The second kappa shape index (κ2) is 7.35. The van der Waals surface area contributed by atoms with Crippen LogP contribution in [0.4, 0.5) is 0 Å². The summed E-state index contributed by atoms with van der Waals surface area (Å²) in [6.45, 7) is 6.24. The molecule has 1 N–H and O–H groups in total. The smallest absolute Gasteiger partial charge is 0.227 e. The molecule has 1 aliphatic rings. The Balaban J connectivity index is 1.53. The van der Waals surface area contributed by atoms with Crippen LogP contribution in [0.25, 0.3) is 11.0 Å².